The Balaban J connectivity index is 1.95. The van der Waals surface area contributed by atoms with E-state index >= 15 is 0 Å². The average Bonchev–Trinajstić information content (AvgIpc) is 2.93. The lowest BCUT2D eigenvalue weighted by molar-refractivity contribution is -0.274. The molecule has 15 heteroatoms. The van der Waals surface area contributed by atoms with Gasteiger partial charge in [0.05, 0.1) is 6.54 Å². The number of halogens is 6. The number of thioether (sulfide) groups is 1. The van der Waals surface area contributed by atoms with Crippen LogP contribution in [-0.2, 0) is 4.79 Å². The summed E-state index contributed by atoms with van der Waals surface area (Å²) < 4.78 is 80.0. The van der Waals surface area contributed by atoms with Crippen LogP contribution in [0.2, 0.25) is 0 Å². The Morgan fingerprint density at radius 3 is 1.98 bits per heavy atom. The number of carboxylic acid groups (broad SMARTS) is 1. The van der Waals surface area contributed by atoms with Crippen LogP contribution in [0.15, 0.2) is 83.8 Å². The number of nitrogens with one attached hydrogen (secondary N) is 1. The second-order valence-electron chi connectivity index (χ2n) is 8.54. The van der Waals surface area contributed by atoms with Crippen LogP contribution in [-0.4, -0.2) is 58.2 Å². The van der Waals surface area contributed by atoms with Gasteiger partial charge in [0.25, 0.3) is 5.91 Å². The number of aliphatic hydroxyl groups is 1. The summed E-state index contributed by atoms with van der Waals surface area (Å²) in [5.41, 5.74) is -5.30. The molecule has 0 aliphatic heterocycles. The van der Waals surface area contributed by atoms with E-state index in [0.717, 1.165) is 42.5 Å². The number of hydrogen-bond donors (Lipinski definition) is 3. The van der Waals surface area contributed by atoms with Crippen LogP contribution >= 0.6 is 11.8 Å². The fourth-order valence-corrected chi connectivity index (χ4v) is 4.08. The van der Waals surface area contributed by atoms with E-state index in [9.17, 15) is 50.6 Å². The second-order valence-corrected chi connectivity index (χ2v) is 9.68. The molecule has 0 aliphatic rings. The summed E-state index contributed by atoms with van der Waals surface area (Å²) in [4.78, 5) is 49.2. The topological polar surface area (TPSA) is 130 Å². The molecular weight excluding hydrogens is 608 g/mol. The molecule has 0 heterocycles. The van der Waals surface area contributed by atoms with Crippen molar-refractivity contribution in [2.45, 2.75) is 22.9 Å². The number of aliphatic carboxylic acids is 1. The Morgan fingerprint density at radius 2 is 1.42 bits per heavy atom. The van der Waals surface area contributed by atoms with Crippen LogP contribution in [0.4, 0.5) is 26.3 Å². The van der Waals surface area contributed by atoms with Crippen LogP contribution < -0.4 is 10.1 Å². The molecule has 0 unspecified atom stereocenters. The van der Waals surface area contributed by atoms with Crippen LogP contribution in [0.25, 0.3) is 5.57 Å². The van der Waals surface area contributed by atoms with Crippen LogP contribution in [0.1, 0.15) is 36.6 Å². The minimum Gasteiger partial charge on any atom is -0.479 e. The quantitative estimate of drug-likeness (QED) is 0.110. The van der Waals surface area contributed by atoms with E-state index in [-0.39, 0.29) is 32.7 Å². The van der Waals surface area contributed by atoms with Gasteiger partial charge in [-0.25, -0.2) is 4.79 Å². The summed E-state index contributed by atoms with van der Waals surface area (Å²) in [6.07, 6.45) is -6.02. The Bertz CT molecular complexity index is 1530. The fraction of sp³-hybridized carbons (Fsp3) is 0.143. The molecular formula is C28H19F6NO7S. The molecule has 226 valence electrons. The van der Waals surface area contributed by atoms with Crippen LogP contribution in [0.3, 0.4) is 0 Å². The number of alkyl halides is 6. The van der Waals surface area contributed by atoms with Crippen LogP contribution in [0, 0.1) is 0 Å². The Labute approximate surface area is 243 Å². The van der Waals surface area contributed by atoms with E-state index in [1.807, 2.05) is 0 Å². The van der Waals surface area contributed by atoms with Crippen molar-refractivity contribution in [2.75, 3.05) is 6.54 Å². The number of amides is 1. The molecule has 0 radical (unpaired) electrons. The maximum Gasteiger partial charge on any atom is 0.573 e. The van der Waals surface area contributed by atoms with Gasteiger partial charge in [0.2, 0.25) is 0 Å². The lowest BCUT2D eigenvalue weighted by Crippen LogP contribution is -2.36. The van der Waals surface area contributed by atoms with Gasteiger partial charge in [-0.3, -0.25) is 14.4 Å². The Morgan fingerprint density at radius 1 is 0.837 bits per heavy atom. The van der Waals surface area contributed by atoms with Crippen molar-refractivity contribution < 1.29 is 60.5 Å². The highest BCUT2D eigenvalue weighted by molar-refractivity contribution is 8.00. The van der Waals surface area contributed by atoms with Crippen molar-refractivity contribution in [1.82, 2.24) is 5.32 Å². The zero-order valence-corrected chi connectivity index (χ0v) is 22.2. The Kier molecular flexibility index (Phi) is 10.4. The lowest BCUT2D eigenvalue weighted by atomic mass is 9.94. The smallest absolute Gasteiger partial charge is 0.479 e. The number of ketones is 2. The molecule has 0 aliphatic carbocycles. The molecule has 3 rings (SSSR count). The maximum atomic E-state index is 13.5. The highest BCUT2D eigenvalue weighted by atomic mass is 32.2. The molecule has 3 N–H and O–H groups in total. The minimum absolute atomic E-state index is 0.0247. The third kappa shape index (κ3) is 10.0. The SMILES string of the molecule is O=C(/C=C(\C(=O)c1ccc(C(=O)NC[C@@H](O)C(=O)O)cc1)c1ccc(OC(F)(F)F)cc1)c1cccc(SC(F)(F)F)c1. The van der Waals surface area contributed by atoms with E-state index in [0.29, 0.717) is 0 Å². The molecule has 1 amide bonds. The van der Waals surface area contributed by atoms with Gasteiger partial charge in [-0.2, -0.15) is 13.2 Å². The van der Waals surface area contributed by atoms with Gasteiger partial charge in [0.15, 0.2) is 17.7 Å². The zero-order valence-electron chi connectivity index (χ0n) is 21.4. The van der Waals surface area contributed by atoms with Gasteiger partial charge >= 0.3 is 17.8 Å². The number of Topliss-reactive ketones (excluding diaryl/α,β-unsaturated/α-hetero) is 1. The largest absolute Gasteiger partial charge is 0.573 e. The summed E-state index contributed by atoms with van der Waals surface area (Å²) in [6, 6.07) is 13.2. The normalized spacial score (nSPS) is 12.8. The van der Waals surface area contributed by atoms with Gasteiger partial charge < -0.3 is 20.3 Å². The molecule has 43 heavy (non-hydrogen) atoms. The molecule has 0 bridgehead atoms. The standard InChI is InChI=1S/C28H19F6NO7S/c29-27(30,31)42-19-10-8-15(9-11-19)21(13-22(36)18-2-1-3-20(12-18)43-28(32,33)34)24(38)16-4-6-17(7-5-16)25(39)35-14-23(37)26(40)41/h1-13,23,37H,14H2,(H,35,39)(H,40,41)/b21-13-/t23-/m1/s1. The van der Waals surface area contributed by atoms with Gasteiger partial charge in [0, 0.05) is 27.2 Å². The molecule has 0 aromatic heterocycles. The first-order chi connectivity index (χ1) is 20.0. The van der Waals surface area contributed by atoms with E-state index < -0.39 is 65.5 Å². The van der Waals surface area contributed by atoms with Gasteiger partial charge in [-0.05, 0) is 59.8 Å². The highest BCUT2D eigenvalue weighted by Crippen LogP contribution is 2.37. The Hall–Kier alpha value is -4.63. The van der Waals surface area contributed by atoms with Crippen molar-refractivity contribution in [2.24, 2.45) is 0 Å². The van der Waals surface area contributed by atoms with Gasteiger partial charge in [0.1, 0.15) is 5.75 Å². The highest BCUT2D eigenvalue weighted by Gasteiger charge is 2.31. The van der Waals surface area contributed by atoms with Crippen LogP contribution in [0.5, 0.6) is 5.75 Å². The number of rotatable bonds is 11. The molecule has 8 nitrogen and oxygen atoms in total. The summed E-state index contributed by atoms with van der Waals surface area (Å²) in [5, 5.41) is 20.2. The molecule has 0 saturated carbocycles. The predicted molar refractivity (Wildman–Crippen MR) is 141 cm³/mol. The van der Waals surface area contributed by atoms with E-state index in [4.69, 9.17) is 5.11 Å². The van der Waals surface area contributed by atoms with Crippen molar-refractivity contribution in [3.8, 4) is 5.75 Å². The van der Waals surface area contributed by atoms with Crippen molar-refractivity contribution in [3.05, 3.63) is 101 Å². The molecule has 1 atom stereocenters. The summed E-state index contributed by atoms with van der Waals surface area (Å²) in [7, 11) is 0. The number of hydrogen-bond acceptors (Lipinski definition) is 7. The molecule has 0 fully saturated rings. The minimum atomic E-state index is -4.99. The van der Waals surface area contributed by atoms with E-state index in [1.165, 1.54) is 36.4 Å². The second kappa shape index (κ2) is 13.6. The van der Waals surface area contributed by atoms with Gasteiger partial charge in [-0.1, -0.05) is 36.4 Å². The summed E-state index contributed by atoms with van der Waals surface area (Å²) >= 11 is -0.455. The summed E-state index contributed by atoms with van der Waals surface area (Å²) in [6.45, 7) is -0.597. The zero-order chi connectivity index (χ0) is 31.9. The van der Waals surface area contributed by atoms with Crippen molar-refractivity contribution >= 4 is 40.8 Å². The first kappa shape index (κ1) is 32.9. The van der Waals surface area contributed by atoms with Gasteiger partial charge in [-0.15, -0.1) is 13.2 Å². The third-order valence-corrected chi connectivity index (χ3v) is 6.14. The first-order valence-electron chi connectivity index (χ1n) is 11.8. The maximum absolute atomic E-state index is 13.5. The van der Waals surface area contributed by atoms with Crippen molar-refractivity contribution in [3.63, 3.8) is 0 Å². The number of ether oxygens (including phenoxy) is 1. The molecule has 0 spiro atoms. The lowest BCUT2D eigenvalue weighted by Gasteiger charge is -2.12. The monoisotopic (exact) mass is 627 g/mol. The number of carbonyl (C=O) groups is 4. The number of aliphatic hydroxyl groups excluding tert-OH is 1. The third-order valence-electron chi connectivity index (χ3n) is 5.42. The molecule has 3 aromatic carbocycles. The number of allylic oxidation sites excluding steroid dienone is 2. The number of benzene rings is 3. The number of carboxylic acids is 1. The average molecular weight is 628 g/mol. The first-order valence-corrected chi connectivity index (χ1v) is 12.7. The summed E-state index contributed by atoms with van der Waals surface area (Å²) in [5.74, 6) is -4.65. The fourth-order valence-electron chi connectivity index (χ4n) is 3.48. The van der Waals surface area contributed by atoms with Crippen molar-refractivity contribution in [1.29, 1.82) is 0 Å². The van der Waals surface area contributed by atoms with E-state index in [1.54, 1.807) is 0 Å². The number of carbonyl (C=O) groups excluding carboxylic acids is 3. The van der Waals surface area contributed by atoms with E-state index in [2.05, 4.69) is 10.1 Å². The molecule has 0 saturated heterocycles. The predicted octanol–water partition coefficient (Wildman–Crippen LogP) is 5.52. The molecule has 3 aromatic rings.